The molecule has 1 aliphatic rings. The number of anilines is 2. The summed E-state index contributed by atoms with van der Waals surface area (Å²) in [6.45, 7) is 6.83. The fraction of sp³-hybridized carbons (Fsp3) is 0.176. The first-order chi connectivity index (χ1) is 13.1. The molecule has 0 aromatic heterocycles. The molecule has 28 heavy (non-hydrogen) atoms. The Kier molecular flexibility index (Phi) is 5.87. The van der Waals surface area contributed by atoms with Gasteiger partial charge >= 0.3 is 18.1 Å². The summed E-state index contributed by atoms with van der Waals surface area (Å²) < 4.78 is 37.4. The molecule has 8 nitrogen and oxygen atoms in total. The summed E-state index contributed by atoms with van der Waals surface area (Å²) in [6.07, 6.45) is -3.82. The molecular weight excluding hydrogens is 381 g/mol. The minimum absolute atomic E-state index is 0.0297. The predicted molar refractivity (Wildman–Crippen MR) is 92.8 cm³/mol. The van der Waals surface area contributed by atoms with E-state index in [0.29, 0.717) is 0 Å². The first-order valence-corrected chi connectivity index (χ1v) is 7.76. The number of rotatable bonds is 6. The monoisotopic (exact) mass is 396 g/mol. The zero-order valence-corrected chi connectivity index (χ0v) is 14.3. The molecule has 0 saturated carbocycles. The fourth-order valence-corrected chi connectivity index (χ4v) is 2.36. The zero-order chi connectivity index (χ0) is 21.1. The van der Waals surface area contributed by atoms with E-state index >= 15 is 0 Å². The van der Waals surface area contributed by atoms with Crippen LogP contribution in [0.25, 0.3) is 0 Å². The van der Waals surface area contributed by atoms with Crippen LogP contribution in [0, 0.1) is 5.92 Å². The van der Waals surface area contributed by atoms with Gasteiger partial charge in [-0.15, -0.1) is 6.58 Å². The molecule has 0 bridgehead atoms. The number of halogens is 3. The van der Waals surface area contributed by atoms with Crippen LogP contribution in [0.15, 0.2) is 49.2 Å². The highest BCUT2D eigenvalue weighted by molar-refractivity contribution is 6.18. The number of imide groups is 2. The Morgan fingerprint density at radius 3 is 2.29 bits per heavy atom. The third-order valence-corrected chi connectivity index (χ3v) is 3.64. The largest absolute Gasteiger partial charge is 0.471 e. The highest BCUT2D eigenvalue weighted by Crippen LogP contribution is 2.28. The zero-order valence-electron chi connectivity index (χ0n) is 14.3. The van der Waals surface area contributed by atoms with Crippen LogP contribution < -0.4 is 16.0 Å². The number of barbiturate groups is 1. The van der Waals surface area contributed by atoms with Crippen LogP contribution >= 0.6 is 0 Å². The number of benzene rings is 1. The summed E-state index contributed by atoms with van der Waals surface area (Å²) in [5.74, 6) is -5.52. The Balaban J connectivity index is 2.24. The maximum atomic E-state index is 12.5. The SMILES string of the molecule is C=CCN1C(=O)NC(=O)[C@@H](C(=C)Nc2ccccc2NC(=O)C(F)(F)F)C1=O. The van der Waals surface area contributed by atoms with Gasteiger partial charge in [0.2, 0.25) is 11.8 Å². The molecular formula is C17H15F3N4O4. The second-order valence-corrected chi connectivity index (χ2v) is 5.61. The Hall–Kier alpha value is -3.63. The number of alkyl halides is 3. The number of para-hydroxylation sites is 2. The summed E-state index contributed by atoms with van der Waals surface area (Å²) in [5, 5.41) is 6.23. The highest BCUT2D eigenvalue weighted by Gasteiger charge is 2.42. The number of urea groups is 1. The van der Waals surface area contributed by atoms with Crippen molar-refractivity contribution >= 4 is 35.1 Å². The molecule has 3 N–H and O–H groups in total. The van der Waals surface area contributed by atoms with Gasteiger partial charge in [0.25, 0.3) is 0 Å². The minimum atomic E-state index is -5.10. The number of hydrogen-bond donors (Lipinski definition) is 3. The third kappa shape index (κ3) is 4.37. The van der Waals surface area contributed by atoms with Crippen LogP contribution in [0.3, 0.4) is 0 Å². The van der Waals surface area contributed by atoms with Crippen LogP contribution in [0.2, 0.25) is 0 Å². The van der Waals surface area contributed by atoms with Crippen LogP contribution in [0.5, 0.6) is 0 Å². The molecule has 148 valence electrons. The van der Waals surface area contributed by atoms with Crippen LogP contribution in [0.4, 0.5) is 29.3 Å². The molecule has 1 saturated heterocycles. The van der Waals surface area contributed by atoms with E-state index < -0.39 is 35.8 Å². The van der Waals surface area contributed by atoms with Gasteiger partial charge < -0.3 is 10.6 Å². The van der Waals surface area contributed by atoms with Gasteiger partial charge in [0.15, 0.2) is 5.92 Å². The topological polar surface area (TPSA) is 108 Å². The molecule has 1 aliphatic heterocycles. The first kappa shape index (κ1) is 20.7. The Morgan fingerprint density at radius 1 is 1.18 bits per heavy atom. The Bertz CT molecular complexity index is 866. The van der Waals surface area contributed by atoms with Crippen molar-refractivity contribution in [2.75, 3.05) is 17.2 Å². The molecule has 0 aliphatic carbocycles. The lowest BCUT2D eigenvalue weighted by atomic mass is 10.0. The first-order valence-electron chi connectivity index (χ1n) is 7.76. The Morgan fingerprint density at radius 2 is 1.75 bits per heavy atom. The van der Waals surface area contributed by atoms with E-state index in [1.807, 2.05) is 5.32 Å². The molecule has 0 radical (unpaired) electrons. The standard InChI is InChI=1S/C17H15F3N4O4/c1-3-8-24-14(26)12(13(25)23-16(24)28)9(2)21-10-6-4-5-7-11(10)22-15(27)17(18,19)20/h3-7,12,21H,1-2,8H2,(H,22,27)(H,23,25,28)/t12-/m1/s1. The van der Waals surface area contributed by atoms with E-state index in [9.17, 15) is 32.3 Å². The van der Waals surface area contributed by atoms with Crippen molar-refractivity contribution in [1.29, 1.82) is 0 Å². The van der Waals surface area contributed by atoms with E-state index in [4.69, 9.17) is 0 Å². The molecule has 1 aromatic rings. The van der Waals surface area contributed by atoms with Crippen molar-refractivity contribution < 1.29 is 32.3 Å². The molecule has 1 atom stereocenters. The van der Waals surface area contributed by atoms with Crippen LogP contribution in [0.1, 0.15) is 0 Å². The number of carbonyl (C=O) groups is 4. The molecule has 5 amide bonds. The molecule has 2 rings (SSSR count). The number of carbonyl (C=O) groups excluding carboxylic acids is 4. The van der Waals surface area contributed by atoms with E-state index in [-0.39, 0.29) is 23.6 Å². The van der Waals surface area contributed by atoms with Crippen molar-refractivity contribution in [3.63, 3.8) is 0 Å². The van der Waals surface area contributed by atoms with Crippen LogP contribution in [-0.2, 0) is 14.4 Å². The number of nitrogens with one attached hydrogen (secondary N) is 3. The maximum Gasteiger partial charge on any atom is 0.471 e. The molecule has 1 aromatic carbocycles. The summed E-state index contributed by atoms with van der Waals surface area (Å²) in [4.78, 5) is 48.1. The summed E-state index contributed by atoms with van der Waals surface area (Å²) >= 11 is 0. The van der Waals surface area contributed by atoms with Crippen molar-refractivity contribution in [2.24, 2.45) is 5.92 Å². The highest BCUT2D eigenvalue weighted by atomic mass is 19.4. The summed E-state index contributed by atoms with van der Waals surface area (Å²) in [7, 11) is 0. The van der Waals surface area contributed by atoms with E-state index in [2.05, 4.69) is 18.5 Å². The van der Waals surface area contributed by atoms with Gasteiger partial charge in [0, 0.05) is 12.2 Å². The minimum Gasteiger partial charge on any atom is -0.357 e. The van der Waals surface area contributed by atoms with Crippen molar-refractivity contribution in [3.05, 3.63) is 49.2 Å². The van der Waals surface area contributed by atoms with Crippen molar-refractivity contribution in [2.45, 2.75) is 6.18 Å². The predicted octanol–water partition coefficient (Wildman–Crippen LogP) is 1.99. The number of amides is 5. The number of hydrogen-bond acceptors (Lipinski definition) is 5. The average Bonchev–Trinajstić information content (AvgIpc) is 2.59. The van der Waals surface area contributed by atoms with Gasteiger partial charge in [0.1, 0.15) is 0 Å². The molecule has 11 heteroatoms. The quantitative estimate of drug-likeness (QED) is 0.504. The van der Waals surface area contributed by atoms with Crippen molar-refractivity contribution in [1.82, 2.24) is 10.2 Å². The van der Waals surface area contributed by atoms with Gasteiger partial charge in [-0.2, -0.15) is 13.2 Å². The van der Waals surface area contributed by atoms with E-state index in [1.165, 1.54) is 30.3 Å². The lowest BCUT2D eigenvalue weighted by Gasteiger charge is -2.30. The second-order valence-electron chi connectivity index (χ2n) is 5.61. The maximum absolute atomic E-state index is 12.5. The second kappa shape index (κ2) is 7.94. The lowest BCUT2D eigenvalue weighted by Crippen LogP contribution is -2.58. The summed E-state index contributed by atoms with van der Waals surface area (Å²) in [5.41, 5.74) is -0.468. The fourth-order valence-electron chi connectivity index (χ4n) is 2.36. The third-order valence-electron chi connectivity index (χ3n) is 3.64. The normalized spacial score (nSPS) is 17.0. The number of nitrogens with zero attached hydrogens (tertiary/aromatic N) is 1. The summed E-state index contributed by atoms with van der Waals surface area (Å²) in [6, 6.07) is 4.42. The smallest absolute Gasteiger partial charge is 0.357 e. The van der Waals surface area contributed by atoms with Crippen LogP contribution in [-0.4, -0.2) is 41.4 Å². The lowest BCUT2D eigenvalue weighted by molar-refractivity contribution is -0.167. The van der Waals surface area contributed by atoms with Gasteiger partial charge in [0.05, 0.1) is 11.4 Å². The molecule has 1 heterocycles. The molecule has 0 unspecified atom stereocenters. The molecule has 0 spiro atoms. The Labute approximate surface area is 157 Å². The van der Waals surface area contributed by atoms with E-state index in [1.54, 1.807) is 5.32 Å². The van der Waals surface area contributed by atoms with Gasteiger partial charge in [-0.05, 0) is 12.1 Å². The van der Waals surface area contributed by atoms with E-state index in [0.717, 1.165) is 4.90 Å². The van der Waals surface area contributed by atoms with Gasteiger partial charge in [-0.3, -0.25) is 24.6 Å². The van der Waals surface area contributed by atoms with Gasteiger partial charge in [-0.25, -0.2) is 4.79 Å². The molecule has 1 fully saturated rings. The van der Waals surface area contributed by atoms with Crippen molar-refractivity contribution in [3.8, 4) is 0 Å². The van der Waals surface area contributed by atoms with Gasteiger partial charge in [-0.1, -0.05) is 24.8 Å². The average molecular weight is 396 g/mol.